The molecule has 0 amide bonds. The minimum atomic E-state index is -4.60. The number of benzene rings is 1. The van der Waals surface area contributed by atoms with Crippen molar-refractivity contribution in [2.75, 3.05) is 20.2 Å². The molecule has 1 saturated heterocycles. The first-order valence-electron chi connectivity index (χ1n) is 7.48. The molecule has 1 aromatic carbocycles. The van der Waals surface area contributed by atoms with E-state index in [2.05, 4.69) is 0 Å². The lowest BCUT2D eigenvalue weighted by Gasteiger charge is -2.43. The summed E-state index contributed by atoms with van der Waals surface area (Å²) in [6, 6.07) is 4.67. The van der Waals surface area contributed by atoms with E-state index in [1.807, 2.05) is 17.0 Å². The summed E-state index contributed by atoms with van der Waals surface area (Å²) >= 11 is 0. The van der Waals surface area contributed by atoms with Crippen LogP contribution in [0.1, 0.15) is 36.4 Å². The number of hydrogen-bond donors (Lipinski definition) is 2. The molecule has 0 saturated carbocycles. The second-order valence-corrected chi connectivity index (χ2v) is 7.65. The average molecular weight is 327 g/mol. The van der Waals surface area contributed by atoms with E-state index in [1.165, 1.54) is 0 Å². The molecule has 1 heterocycles. The second kappa shape index (κ2) is 5.49. The van der Waals surface area contributed by atoms with Crippen molar-refractivity contribution >= 4 is 10.1 Å². The van der Waals surface area contributed by atoms with Gasteiger partial charge in [0.05, 0.1) is 13.2 Å². The summed E-state index contributed by atoms with van der Waals surface area (Å²) in [5, 5.41) is 10.8. The van der Waals surface area contributed by atoms with Crippen molar-refractivity contribution in [1.29, 1.82) is 0 Å². The Bertz CT molecular complexity index is 669. The van der Waals surface area contributed by atoms with Crippen molar-refractivity contribution in [1.82, 2.24) is 4.90 Å². The van der Waals surface area contributed by atoms with Crippen LogP contribution in [0, 0.1) is 0 Å². The van der Waals surface area contributed by atoms with Crippen LogP contribution in [0.4, 0.5) is 0 Å². The number of hydrogen-bond acceptors (Lipinski definition) is 5. The molecule has 0 aromatic heterocycles. The van der Waals surface area contributed by atoms with Gasteiger partial charge in [-0.15, -0.1) is 0 Å². The molecule has 22 heavy (non-hydrogen) atoms. The number of ether oxygens (including phenoxy) is 1. The normalized spacial score (nSPS) is 29.3. The molecule has 3 rings (SSSR count). The predicted octanol–water partition coefficient (Wildman–Crippen LogP) is 1.35. The highest BCUT2D eigenvalue weighted by Crippen LogP contribution is 2.47. The number of nitrogens with zero attached hydrogens (tertiary/aromatic N) is 1. The van der Waals surface area contributed by atoms with Gasteiger partial charge in [-0.3, -0.25) is 9.45 Å². The molecule has 0 bridgehead atoms. The Morgan fingerprint density at radius 1 is 1.32 bits per heavy atom. The molecule has 1 aliphatic heterocycles. The van der Waals surface area contributed by atoms with E-state index in [0.29, 0.717) is 25.3 Å². The fraction of sp³-hybridized carbons (Fsp3) is 0.600. The van der Waals surface area contributed by atoms with Crippen LogP contribution in [-0.4, -0.2) is 48.1 Å². The zero-order chi connectivity index (χ0) is 16.0. The smallest absolute Gasteiger partial charge is 0.296 e. The van der Waals surface area contributed by atoms with Gasteiger partial charge in [0.1, 0.15) is 5.75 Å². The lowest BCUT2D eigenvalue weighted by molar-refractivity contribution is 0.00361. The summed E-state index contributed by atoms with van der Waals surface area (Å²) in [5.41, 5.74) is 1.64. The van der Waals surface area contributed by atoms with E-state index in [9.17, 15) is 18.1 Å². The molecule has 122 valence electrons. The number of fused-ring (bicyclic) bond motifs is 1. The molecule has 7 heteroatoms. The SMILES string of the molecule is COc1cccc2c1CCC(O)(S(=O)(=O)O)C2N1CCCC1. The summed E-state index contributed by atoms with van der Waals surface area (Å²) < 4.78 is 38.8. The lowest BCUT2D eigenvalue weighted by atomic mass is 9.83. The largest absolute Gasteiger partial charge is 0.496 e. The average Bonchev–Trinajstić information content (AvgIpc) is 2.98. The maximum atomic E-state index is 11.9. The van der Waals surface area contributed by atoms with E-state index in [4.69, 9.17) is 4.74 Å². The van der Waals surface area contributed by atoms with Crippen LogP contribution in [0.2, 0.25) is 0 Å². The van der Waals surface area contributed by atoms with Crippen LogP contribution in [-0.2, 0) is 16.5 Å². The minimum Gasteiger partial charge on any atom is -0.496 e. The first kappa shape index (κ1) is 15.7. The Morgan fingerprint density at radius 2 is 2.00 bits per heavy atom. The van der Waals surface area contributed by atoms with Gasteiger partial charge in [-0.1, -0.05) is 12.1 Å². The van der Waals surface area contributed by atoms with Crippen molar-refractivity contribution in [2.45, 2.75) is 36.7 Å². The highest BCUT2D eigenvalue weighted by molar-refractivity contribution is 7.87. The van der Waals surface area contributed by atoms with Crippen LogP contribution in [0.5, 0.6) is 5.75 Å². The predicted molar refractivity (Wildman–Crippen MR) is 81.4 cm³/mol. The first-order valence-corrected chi connectivity index (χ1v) is 8.92. The molecule has 2 aliphatic rings. The van der Waals surface area contributed by atoms with E-state index in [0.717, 1.165) is 24.0 Å². The van der Waals surface area contributed by atoms with E-state index >= 15 is 0 Å². The molecule has 2 N–H and O–H groups in total. The lowest BCUT2D eigenvalue weighted by Crippen LogP contribution is -2.53. The molecule has 0 spiro atoms. The van der Waals surface area contributed by atoms with Crippen molar-refractivity contribution < 1.29 is 22.8 Å². The molecule has 2 atom stereocenters. The summed E-state index contributed by atoms with van der Waals surface area (Å²) in [6.07, 6.45) is 2.22. The van der Waals surface area contributed by atoms with Crippen molar-refractivity contribution in [2.24, 2.45) is 0 Å². The van der Waals surface area contributed by atoms with Gasteiger partial charge >= 0.3 is 0 Å². The molecule has 1 fully saturated rings. The maximum absolute atomic E-state index is 11.9. The van der Waals surface area contributed by atoms with Crippen LogP contribution < -0.4 is 4.74 Å². The molecule has 1 aromatic rings. The van der Waals surface area contributed by atoms with Gasteiger partial charge < -0.3 is 9.84 Å². The Kier molecular flexibility index (Phi) is 3.92. The van der Waals surface area contributed by atoms with Gasteiger partial charge in [0.15, 0.2) is 0 Å². The zero-order valence-electron chi connectivity index (χ0n) is 12.5. The Balaban J connectivity index is 2.17. The van der Waals surface area contributed by atoms with Crippen LogP contribution in [0.3, 0.4) is 0 Å². The van der Waals surface area contributed by atoms with Gasteiger partial charge in [0.2, 0.25) is 4.93 Å². The van der Waals surface area contributed by atoms with Crippen LogP contribution >= 0.6 is 0 Å². The van der Waals surface area contributed by atoms with Crippen molar-refractivity contribution in [3.8, 4) is 5.75 Å². The number of likely N-dealkylation sites (tertiary alicyclic amines) is 1. The summed E-state index contributed by atoms with van der Waals surface area (Å²) in [7, 11) is -3.03. The summed E-state index contributed by atoms with van der Waals surface area (Å²) in [4.78, 5) is -0.220. The van der Waals surface area contributed by atoms with Crippen LogP contribution in [0.15, 0.2) is 18.2 Å². The van der Waals surface area contributed by atoms with E-state index in [-0.39, 0.29) is 6.42 Å². The van der Waals surface area contributed by atoms with Gasteiger partial charge in [-0.25, -0.2) is 0 Å². The molecule has 0 radical (unpaired) electrons. The van der Waals surface area contributed by atoms with Gasteiger partial charge in [-0.05, 0) is 56.0 Å². The maximum Gasteiger partial charge on any atom is 0.296 e. The minimum absolute atomic E-state index is 0.0413. The van der Waals surface area contributed by atoms with Gasteiger partial charge in [0, 0.05) is 0 Å². The first-order chi connectivity index (χ1) is 10.4. The molecule has 6 nitrogen and oxygen atoms in total. The fourth-order valence-electron chi connectivity index (χ4n) is 3.73. The third kappa shape index (κ3) is 2.32. The third-order valence-corrected chi connectivity index (χ3v) is 6.12. The third-order valence-electron chi connectivity index (χ3n) is 4.80. The highest BCUT2D eigenvalue weighted by Gasteiger charge is 2.54. The Morgan fingerprint density at radius 3 is 2.59 bits per heavy atom. The topological polar surface area (TPSA) is 87.1 Å². The number of aliphatic hydroxyl groups is 1. The van der Waals surface area contributed by atoms with Gasteiger partial charge in [-0.2, -0.15) is 8.42 Å². The highest BCUT2D eigenvalue weighted by atomic mass is 32.2. The molecular weight excluding hydrogens is 306 g/mol. The number of methoxy groups -OCH3 is 1. The van der Waals surface area contributed by atoms with E-state index < -0.39 is 21.1 Å². The van der Waals surface area contributed by atoms with Crippen molar-refractivity contribution in [3.05, 3.63) is 29.3 Å². The molecule has 2 unspecified atom stereocenters. The van der Waals surface area contributed by atoms with Crippen LogP contribution in [0.25, 0.3) is 0 Å². The van der Waals surface area contributed by atoms with Gasteiger partial charge in [0.25, 0.3) is 10.1 Å². The fourth-order valence-corrected chi connectivity index (χ4v) is 4.65. The Labute approximate surface area is 130 Å². The quantitative estimate of drug-likeness (QED) is 0.815. The second-order valence-electron chi connectivity index (χ2n) is 5.99. The van der Waals surface area contributed by atoms with E-state index in [1.54, 1.807) is 13.2 Å². The monoisotopic (exact) mass is 327 g/mol. The molecule has 1 aliphatic carbocycles. The Hall–Kier alpha value is -1.15. The standard InChI is InChI=1S/C15H21NO5S/c1-21-13-6-4-5-12-11(13)7-8-15(17,22(18,19)20)14(12)16-9-2-3-10-16/h4-6,14,17H,2-3,7-10H2,1H3,(H,18,19,20). The van der Waals surface area contributed by atoms with Crippen molar-refractivity contribution in [3.63, 3.8) is 0 Å². The summed E-state index contributed by atoms with van der Waals surface area (Å²) in [5.74, 6) is 0.694. The zero-order valence-corrected chi connectivity index (χ0v) is 13.3. The number of rotatable bonds is 3. The molecular formula is C15H21NO5S. The summed E-state index contributed by atoms with van der Waals surface area (Å²) in [6.45, 7) is 1.41.